The topological polar surface area (TPSA) is 79.2 Å². The van der Waals surface area contributed by atoms with E-state index in [0.717, 1.165) is 22.3 Å². The number of fused-ring (bicyclic) bond motifs is 3. The Bertz CT molecular complexity index is 1120. The molecule has 0 aliphatic heterocycles. The van der Waals surface area contributed by atoms with Crippen LogP contribution in [0.5, 0.6) is 0 Å². The Morgan fingerprint density at radius 3 is 2.13 bits per heavy atom. The van der Waals surface area contributed by atoms with Gasteiger partial charge in [0.05, 0.1) is 24.7 Å². The molecule has 0 radical (unpaired) electrons. The lowest BCUT2D eigenvalue weighted by atomic mass is 9.94. The van der Waals surface area contributed by atoms with Crippen molar-refractivity contribution in [2.24, 2.45) is 0 Å². The van der Waals surface area contributed by atoms with E-state index in [2.05, 4.69) is 11.4 Å². The molecule has 30 heavy (non-hydrogen) atoms. The van der Waals surface area contributed by atoms with E-state index in [1.54, 1.807) is 24.3 Å². The number of nitrogens with zero attached hydrogens (tertiary/aromatic N) is 1. The molecule has 0 saturated heterocycles. The summed E-state index contributed by atoms with van der Waals surface area (Å²) >= 11 is 0. The number of hydrogen-bond donors (Lipinski definition) is 1. The van der Waals surface area contributed by atoms with Crippen molar-refractivity contribution in [1.82, 2.24) is 5.32 Å². The van der Waals surface area contributed by atoms with E-state index in [0.29, 0.717) is 11.1 Å². The molecule has 3 aromatic rings. The first-order valence-corrected chi connectivity index (χ1v) is 9.68. The van der Waals surface area contributed by atoms with Crippen molar-refractivity contribution in [2.45, 2.75) is 18.4 Å². The molecule has 4 rings (SSSR count). The number of ether oxygens (including phenoxy) is 1. The minimum absolute atomic E-state index is 0.179. The second-order valence-electron chi connectivity index (χ2n) is 7.16. The second kappa shape index (κ2) is 8.22. The number of carbonyl (C=O) groups is 2. The zero-order valence-corrected chi connectivity index (χ0v) is 16.5. The quantitative estimate of drug-likeness (QED) is 0.669. The highest BCUT2D eigenvalue weighted by Gasteiger charge is 2.35. The molecule has 1 N–H and O–H groups in total. The lowest BCUT2D eigenvalue weighted by Crippen LogP contribution is -2.45. The third-order valence-corrected chi connectivity index (χ3v) is 5.46. The van der Waals surface area contributed by atoms with Crippen LogP contribution in [0, 0.1) is 11.3 Å². The molecule has 0 heterocycles. The van der Waals surface area contributed by atoms with Gasteiger partial charge >= 0.3 is 5.97 Å². The molecule has 3 aromatic carbocycles. The normalized spacial score (nSPS) is 12.9. The third kappa shape index (κ3) is 3.44. The zero-order chi connectivity index (χ0) is 21.1. The number of rotatable bonds is 5. The summed E-state index contributed by atoms with van der Waals surface area (Å²) in [5.41, 5.74) is 5.03. The average Bonchev–Trinajstić information content (AvgIpc) is 3.13. The number of nitriles is 1. The Hall–Kier alpha value is -3.91. The van der Waals surface area contributed by atoms with Gasteiger partial charge in [-0.3, -0.25) is 4.79 Å². The first-order chi connectivity index (χ1) is 14.6. The fourth-order valence-electron chi connectivity index (χ4n) is 4.06. The second-order valence-corrected chi connectivity index (χ2v) is 7.16. The lowest BCUT2D eigenvalue weighted by Gasteiger charge is -2.20. The van der Waals surface area contributed by atoms with Gasteiger partial charge in [0.1, 0.15) is 6.04 Å². The molecule has 0 saturated carbocycles. The van der Waals surface area contributed by atoms with Gasteiger partial charge in [-0.2, -0.15) is 5.26 Å². The van der Waals surface area contributed by atoms with Crippen molar-refractivity contribution < 1.29 is 14.3 Å². The molecule has 0 unspecified atom stereocenters. The monoisotopic (exact) mass is 396 g/mol. The Balaban J connectivity index is 1.65. The van der Waals surface area contributed by atoms with E-state index in [-0.39, 0.29) is 12.3 Å². The van der Waals surface area contributed by atoms with Gasteiger partial charge < -0.3 is 10.1 Å². The standard InChI is InChI=1S/C25H20N2O3/c1-30-25(29)22(14-16-8-2-3-9-17(16)15-26)27-24(28)23-20-12-6-4-10-18(20)19-11-5-7-13-21(19)23/h2-13,22-23H,14H2,1H3,(H,27,28)/t22-/m1/s1. The minimum Gasteiger partial charge on any atom is -0.467 e. The van der Waals surface area contributed by atoms with Crippen molar-refractivity contribution in [2.75, 3.05) is 7.11 Å². The zero-order valence-electron chi connectivity index (χ0n) is 16.5. The number of carbonyl (C=O) groups excluding carboxylic acids is 2. The van der Waals surface area contributed by atoms with Crippen LogP contribution in [0.3, 0.4) is 0 Å². The summed E-state index contributed by atoms with van der Waals surface area (Å²) < 4.78 is 4.92. The summed E-state index contributed by atoms with van der Waals surface area (Å²) in [5, 5.41) is 12.2. The van der Waals surface area contributed by atoms with Crippen molar-refractivity contribution in [3.8, 4) is 17.2 Å². The molecule has 1 atom stereocenters. The van der Waals surface area contributed by atoms with E-state index in [1.165, 1.54) is 7.11 Å². The van der Waals surface area contributed by atoms with E-state index in [1.807, 2.05) is 48.5 Å². The molecular formula is C25H20N2O3. The van der Waals surface area contributed by atoms with Gasteiger partial charge in [0, 0.05) is 6.42 Å². The molecule has 5 heteroatoms. The molecule has 5 nitrogen and oxygen atoms in total. The van der Waals surface area contributed by atoms with Gasteiger partial charge in [0.2, 0.25) is 5.91 Å². The summed E-state index contributed by atoms with van der Waals surface area (Å²) in [5.74, 6) is -1.32. The van der Waals surface area contributed by atoms with Crippen molar-refractivity contribution in [3.63, 3.8) is 0 Å². The predicted octanol–water partition coefficient (Wildman–Crippen LogP) is 3.57. The summed E-state index contributed by atoms with van der Waals surface area (Å²) in [6.07, 6.45) is 0.179. The largest absolute Gasteiger partial charge is 0.467 e. The van der Waals surface area contributed by atoms with E-state index < -0.39 is 17.9 Å². The summed E-state index contributed by atoms with van der Waals surface area (Å²) in [6, 6.07) is 23.9. The van der Waals surface area contributed by atoms with Crippen molar-refractivity contribution in [3.05, 3.63) is 95.1 Å². The first kappa shape index (κ1) is 19.4. The molecule has 1 aliphatic rings. The summed E-state index contributed by atoms with van der Waals surface area (Å²) in [6.45, 7) is 0. The molecule has 1 aliphatic carbocycles. The van der Waals surface area contributed by atoms with Crippen molar-refractivity contribution >= 4 is 11.9 Å². The molecular weight excluding hydrogens is 376 g/mol. The molecule has 0 spiro atoms. The van der Waals surface area contributed by atoms with Crippen LogP contribution in [0.25, 0.3) is 11.1 Å². The van der Waals surface area contributed by atoms with Crippen LogP contribution in [-0.2, 0) is 20.7 Å². The van der Waals surface area contributed by atoms with Crippen LogP contribution in [0.15, 0.2) is 72.8 Å². The highest BCUT2D eigenvalue weighted by molar-refractivity contribution is 5.97. The van der Waals surface area contributed by atoms with Gasteiger partial charge in [0.15, 0.2) is 0 Å². The average molecular weight is 396 g/mol. The SMILES string of the molecule is COC(=O)[C@@H](Cc1ccccc1C#N)NC(=O)C1c2ccccc2-c2ccccc21. The maximum Gasteiger partial charge on any atom is 0.328 e. The molecule has 0 fully saturated rings. The van der Waals surface area contributed by atoms with Crippen LogP contribution in [0.1, 0.15) is 28.2 Å². The van der Waals surface area contributed by atoms with Gasteiger partial charge in [-0.1, -0.05) is 66.7 Å². The van der Waals surface area contributed by atoms with Gasteiger partial charge in [-0.25, -0.2) is 4.79 Å². The fourth-order valence-corrected chi connectivity index (χ4v) is 4.06. The van der Waals surface area contributed by atoms with Crippen molar-refractivity contribution in [1.29, 1.82) is 5.26 Å². The number of methoxy groups -OCH3 is 1. The van der Waals surface area contributed by atoms with Crippen LogP contribution in [-0.4, -0.2) is 25.0 Å². The maximum atomic E-state index is 13.4. The molecule has 1 amide bonds. The minimum atomic E-state index is -0.892. The van der Waals surface area contributed by atoms with E-state index in [9.17, 15) is 14.9 Å². The van der Waals surface area contributed by atoms with E-state index in [4.69, 9.17) is 4.74 Å². The molecule has 0 aromatic heterocycles. The van der Waals surface area contributed by atoms with Gasteiger partial charge in [-0.05, 0) is 33.9 Å². The number of esters is 1. The van der Waals surface area contributed by atoms with Gasteiger partial charge in [-0.15, -0.1) is 0 Å². The number of nitrogens with one attached hydrogen (secondary N) is 1. The first-order valence-electron chi connectivity index (χ1n) is 9.68. The van der Waals surface area contributed by atoms with Crippen LogP contribution < -0.4 is 5.32 Å². The van der Waals surface area contributed by atoms with Gasteiger partial charge in [0.25, 0.3) is 0 Å². The Labute approximate surface area is 174 Å². The number of benzene rings is 3. The predicted molar refractivity (Wildman–Crippen MR) is 113 cm³/mol. The van der Waals surface area contributed by atoms with Crippen LogP contribution in [0.4, 0.5) is 0 Å². The summed E-state index contributed by atoms with van der Waals surface area (Å²) in [4.78, 5) is 25.8. The molecule has 0 bridgehead atoms. The number of amides is 1. The Morgan fingerprint density at radius 2 is 1.53 bits per heavy atom. The maximum absolute atomic E-state index is 13.4. The highest BCUT2D eigenvalue weighted by atomic mass is 16.5. The third-order valence-electron chi connectivity index (χ3n) is 5.46. The van der Waals surface area contributed by atoms with Crippen LogP contribution in [0.2, 0.25) is 0 Å². The number of hydrogen-bond acceptors (Lipinski definition) is 4. The lowest BCUT2D eigenvalue weighted by molar-refractivity contribution is -0.145. The van der Waals surface area contributed by atoms with E-state index >= 15 is 0 Å². The molecule has 148 valence electrons. The highest BCUT2D eigenvalue weighted by Crippen LogP contribution is 2.44. The smallest absolute Gasteiger partial charge is 0.328 e. The fraction of sp³-hybridized carbons (Fsp3) is 0.160. The Morgan fingerprint density at radius 1 is 0.967 bits per heavy atom. The Kier molecular flexibility index (Phi) is 5.32. The van der Waals surface area contributed by atoms with Crippen LogP contribution >= 0.6 is 0 Å². The summed E-state index contributed by atoms with van der Waals surface area (Å²) in [7, 11) is 1.29.